The van der Waals surface area contributed by atoms with E-state index < -0.39 is 17.9 Å². The maximum absolute atomic E-state index is 12.8. The van der Waals surface area contributed by atoms with Gasteiger partial charge in [-0.1, -0.05) is 25.8 Å². The van der Waals surface area contributed by atoms with E-state index >= 15 is 0 Å². The summed E-state index contributed by atoms with van der Waals surface area (Å²) < 4.78 is 0. The molecule has 1 fully saturated rings. The van der Waals surface area contributed by atoms with Crippen LogP contribution in [0.15, 0.2) is 24.5 Å². The van der Waals surface area contributed by atoms with E-state index in [0.29, 0.717) is 19.5 Å². The zero-order valence-electron chi connectivity index (χ0n) is 13.9. The summed E-state index contributed by atoms with van der Waals surface area (Å²) in [4.78, 5) is 30.1. The first-order valence-corrected chi connectivity index (χ1v) is 8.39. The number of nitrogens with zero attached hydrogens (tertiary/aromatic N) is 2. The number of carbonyl (C=O) groups excluding carboxylic acids is 2. The lowest BCUT2D eigenvalue weighted by Gasteiger charge is -2.26. The molecule has 1 saturated heterocycles. The second-order valence-corrected chi connectivity index (χ2v) is 6.23. The van der Waals surface area contributed by atoms with Crippen molar-refractivity contribution in [1.82, 2.24) is 15.4 Å². The summed E-state index contributed by atoms with van der Waals surface area (Å²) in [5.41, 5.74) is 2.52. The van der Waals surface area contributed by atoms with Crippen molar-refractivity contribution in [2.75, 3.05) is 13.1 Å². The molecule has 1 aromatic rings. The Bertz CT molecular complexity index is 552. The van der Waals surface area contributed by atoms with Crippen molar-refractivity contribution >= 4 is 11.8 Å². The van der Waals surface area contributed by atoms with E-state index in [1.54, 1.807) is 17.3 Å². The molecule has 0 saturated carbocycles. The number of nitrogens with one attached hydrogen (secondary N) is 1. The molecule has 3 unspecified atom stereocenters. The van der Waals surface area contributed by atoms with Crippen LogP contribution in [0.25, 0.3) is 0 Å². The van der Waals surface area contributed by atoms with Gasteiger partial charge in [0.2, 0.25) is 5.91 Å². The average Bonchev–Trinajstić information content (AvgIpc) is 3.11. The molecule has 1 aromatic heterocycles. The number of aliphatic hydroxyl groups excluding tert-OH is 1. The molecule has 0 aliphatic carbocycles. The summed E-state index contributed by atoms with van der Waals surface area (Å²) in [6.45, 7) is 3.13. The second-order valence-electron chi connectivity index (χ2n) is 6.23. The quantitative estimate of drug-likeness (QED) is 0.511. The third-order valence-electron chi connectivity index (χ3n) is 4.60. The summed E-state index contributed by atoms with van der Waals surface area (Å²) in [6.07, 6.45) is 4.82. The molecule has 3 N–H and O–H groups in total. The van der Waals surface area contributed by atoms with E-state index in [4.69, 9.17) is 5.21 Å². The summed E-state index contributed by atoms with van der Waals surface area (Å²) in [5.74, 6) is -1.78. The molecule has 2 rings (SSSR count). The van der Waals surface area contributed by atoms with Crippen molar-refractivity contribution in [2.45, 2.75) is 44.6 Å². The van der Waals surface area contributed by atoms with Gasteiger partial charge in [0.05, 0.1) is 5.92 Å². The maximum atomic E-state index is 12.8. The largest absolute Gasteiger partial charge is 0.382 e. The molecule has 2 amide bonds. The number of likely N-dealkylation sites (tertiary alicyclic amines) is 1. The zero-order valence-corrected chi connectivity index (χ0v) is 13.9. The van der Waals surface area contributed by atoms with Crippen molar-refractivity contribution in [3.05, 3.63) is 30.1 Å². The number of rotatable bonds is 7. The van der Waals surface area contributed by atoms with Crippen LogP contribution in [0.4, 0.5) is 0 Å². The fourth-order valence-corrected chi connectivity index (χ4v) is 3.17. The third kappa shape index (κ3) is 4.30. The number of pyridine rings is 1. The van der Waals surface area contributed by atoms with Crippen LogP contribution in [-0.4, -0.2) is 51.2 Å². The number of aromatic nitrogens is 1. The summed E-state index contributed by atoms with van der Waals surface area (Å²) in [7, 11) is 0. The highest BCUT2D eigenvalue weighted by molar-refractivity contribution is 5.88. The van der Waals surface area contributed by atoms with Gasteiger partial charge in [0.1, 0.15) is 6.10 Å². The maximum Gasteiger partial charge on any atom is 0.272 e. The van der Waals surface area contributed by atoms with E-state index in [-0.39, 0.29) is 11.8 Å². The van der Waals surface area contributed by atoms with E-state index in [0.717, 1.165) is 24.8 Å². The Morgan fingerprint density at radius 2 is 2.29 bits per heavy atom. The molecule has 7 nitrogen and oxygen atoms in total. The molecule has 7 heteroatoms. The van der Waals surface area contributed by atoms with Gasteiger partial charge < -0.3 is 10.0 Å². The van der Waals surface area contributed by atoms with Crippen LogP contribution in [0.5, 0.6) is 0 Å². The van der Waals surface area contributed by atoms with Crippen LogP contribution in [-0.2, 0) is 9.59 Å². The number of unbranched alkanes of at least 4 members (excludes halogenated alkanes) is 1. The van der Waals surface area contributed by atoms with Gasteiger partial charge in [0.15, 0.2) is 0 Å². The fourth-order valence-electron chi connectivity index (χ4n) is 3.17. The SMILES string of the molecule is CCCCC(C(=O)N1CCC(c2cccnc2)C1)C(O)C(=O)NO. The van der Waals surface area contributed by atoms with Crippen LogP contribution >= 0.6 is 0 Å². The minimum absolute atomic E-state index is 0.221. The normalized spacial score (nSPS) is 19.8. The Morgan fingerprint density at radius 3 is 2.92 bits per heavy atom. The topological polar surface area (TPSA) is 103 Å². The van der Waals surface area contributed by atoms with Crippen molar-refractivity contribution in [3.8, 4) is 0 Å². The molecule has 132 valence electrons. The molecular formula is C17H25N3O4. The molecule has 0 aromatic carbocycles. The van der Waals surface area contributed by atoms with Crippen LogP contribution in [0.1, 0.15) is 44.1 Å². The molecular weight excluding hydrogens is 310 g/mol. The van der Waals surface area contributed by atoms with E-state index in [1.807, 2.05) is 19.1 Å². The average molecular weight is 335 g/mol. The number of aliphatic hydroxyl groups is 1. The number of amides is 2. The van der Waals surface area contributed by atoms with Crippen LogP contribution < -0.4 is 5.48 Å². The van der Waals surface area contributed by atoms with Gasteiger partial charge in [-0.15, -0.1) is 0 Å². The number of hydrogen-bond donors (Lipinski definition) is 3. The van der Waals surface area contributed by atoms with Crippen LogP contribution in [0.2, 0.25) is 0 Å². The molecule has 0 radical (unpaired) electrons. The first-order valence-electron chi connectivity index (χ1n) is 8.39. The number of hydroxylamine groups is 1. The molecule has 3 atom stereocenters. The standard InChI is InChI=1S/C17H25N3O4/c1-2-3-6-14(15(21)16(22)19-24)17(23)20-9-7-13(11-20)12-5-4-8-18-10-12/h4-5,8,10,13-15,21,24H,2-3,6-7,9,11H2,1H3,(H,19,22). The Morgan fingerprint density at radius 1 is 1.50 bits per heavy atom. The molecule has 0 spiro atoms. The highest BCUT2D eigenvalue weighted by Crippen LogP contribution is 2.29. The highest BCUT2D eigenvalue weighted by Gasteiger charge is 2.37. The molecule has 2 heterocycles. The fraction of sp³-hybridized carbons (Fsp3) is 0.588. The van der Waals surface area contributed by atoms with Crippen LogP contribution in [0.3, 0.4) is 0 Å². The van der Waals surface area contributed by atoms with E-state index in [2.05, 4.69) is 4.98 Å². The van der Waals surface area contributed by atoms with Crippen LogP contribution in [0, 0.1) is 5.92 Å². The Hall–Kier alpha value is -1.99. The van der Waals surface area contributed by atoms with Crippen molar-refractivity contribution < 1.29 is 19.9 Å². The summed E-state index contributed by atoms with van der Waals surface area (Å²) >= 11 is 0. The third-order valence-corrected chi connectivity index (χ3v) is 4.60. The lowest BCUT2D eigenvalue weighted by Crippen LogP contribution is -2.46. The highest BCUT2D eigenvalue weighted by atomic mass is 16.5. The Labute approximate surface area is 141 Å². The van der Waals surface area contributed by atoms with Crippen molar-refractivity contribution in [2.24, 2.45) is 5.92 Å². The predicted octanol–water partition coefficient (Wildman–Crippen LogP) is 1.07. The minimum Gasteiger partial charge on any atom is -0.382 e. The summed E-state index contributed by atoms with van der Waals surface area (Å²) in [5, 5.41) is 18.8. The lowest BCUT2D eigenvalue weighted by molar-refractivity contribution is -0.150. The number of carbonyl (C=O) groups is 2. The molecule has 24 heavy (non-hydrogen) atoms. The van der Waals surface area contributed by atoms with Gasteiger partial charge in [-0.2, -0.15) is 0 Å². The lowest BCUT2D eigenvalue weighted by atomic mass is 9.93. The monoisotopic (exact) mass is 335 g/mol. The first-order chi connectivity index (χ1) is 11.6. The number of hydrogen-bond acceptors (Lipinski definition) is 5. The second kappa shape index (κ2) is 8.75. The molecule has 0 bridgehead atoms. The van der Waals surface area contributed by atoms with Gasteiger partial charge in [0.25, 0.3) is 5.91 Å². The minimum atomic E-state index is -1.54. The Kier molecular flexibility index (Phi) is 6.69. The zero-order chi connectivity index (χ0) is 17.5. The van der Waals surface area contributed by atoms with Gasteiger partial charge in [-0.05, 0) is 24.5 Å². The molecule has 1 aliphatic rings. The predicted molar refractivity (Wildman–Crippen MR) is 87.1 cm³/mol. The molecule has 1 aliphatic heterocycles. The van der Waals surface area contributed by atoms with Gasteiger partial charge >= 0.3 is 0 Å². The van der Waals surface area contributed by atoms with Gasteiger partial charge in [-0.3, -0.25) is 19.8 Å². The summed E-state index contributed by atoms with van der Waals surface area (Å²) in [6, 6.07) is 3.87. The first kappa shape index (κ1) is 18.4. The van der Waals surface area contributed by atoms with E-state index in [1.165, 1.54) is 5.48 Å². The van der Waals surface area contributed by atoms with E-state index in [9.17, 15) is 14.7 Å². The van der Waals surface area contributed by atoms with Crippen molar-refractivity contribution in [3.63, 3.8) is 0 Å². The van der Waals surface area contributed by atoms with Gasteiger partial charge in [0, 0.05) is 31.4 Å². The van der Waals surface area contributed by atoms with Gasteiger partial charge in [-0.25, -0.2) is 5.48 Å². The van der Waals surface area contributed by atoms with Crippen molar-refractivity contribution in [1.29, 1.82) is 0 Å². The Balaban J connectivity index is 2.05. The smallest absolute Gasteiger partial charge is 0.272 e.